The van der Waals surface area contributed by atoms with Crippen molar-refractivity contribution < 1.29 is 4.42 Å². The number of hydrogen-bond acceptors (Lipinski definition) is 4. The Bertz CT molecular complexity index is 564. The molecule has 1 aliphatic heterocycles. The Balaban J connectivity index is 1.66. The summed E-state index contributed by atoms with van der Waals surface area (Å²) in [5, 5.41) is 3.36. The molecule has 0 bridgehead atoms. The highest BCUT2D eigenvalue weighted by atomic mass is 16.4. The van der Waals surface area contributed by atoms with Crippen LogP contribution in [0.25, 0.3) is 0 Å². The second kappa shape index (κ2) is 6.31. The number of aromatic nitrogens is 1. The highest BCUT2D eigenvalue weighted by molar-refractivity contribution is 5.35. The first-order valence-electron chi connectivity index (χ1n) is 7.72. The van der Waals surface area contributed by atoms with Crippen molar-refractivity contribution >= 4 is 6.01 Å². The van der Waals surface area contributed by atoms with Crippen LogP contribution in [0.4, 0.5) is 6.01 Å². The lowest BCUT2D eigenvalue weighted by atomic mass is 10.0. The zero-order valence-electron chi connectivity index (χ0n) is 12.8. The van der Waals surface area contributed by atoms with Crippen LogP contribution in [0.3, 0.4) is 0 Å². The van der Waals surface area contributed by atoms with Crippen molar-refractivity contribution in [3.63, 3.8) is 0 Å². The molecule has 4 nitrogen and oxygen atoms in total. The first kappa shape index (κ1) is 14.1. The van der Waals surface area contributed by atoms with Crippen LogP contribution >= 0.6 is 0 Å². The molecule has 3 rings (SSSR count). The molecule has 0 unspecified atom stereocenters. The fraction of sp³-hybridized carbons (Fsp3) is 0.471. The van der Waals surface area contributed by atoms with Gasteiger partial charge in [-0.15, -0.1) is 0 Å². The molecule has 0 radical (unpaired) electrons. The maximum atomic E-state index is 5.67. The Hall–Kier alpha value is -1.81. The molecule has 0 fully saturated rings. The smallest absolute Gasteiger partial charge is 0.297 e. The van der Waals surface area contributed by atoms with E-state index in [1.165, 1.54) is 11.1 Å². The zero-order valence-corrected chi connectivity index (χ0v) is 12.8. The number of nitrogens with one attached hydrogen (secondary N) is 1. The third-order valence-electron chi connectivity index (χ3n) is 3.92. The average Bonchev–Trinajstić information content (AvgIpc) is 2.85. The Morgan fingerprint density at radius 3 is 2.48 bits per heavy atom. The molecular formula is C17H23N3O. The number of oxazole rings is 1. The van der Waals surface area contributed by atoms with Gasteiger partial charge < -0.3 is 14.6 Å². The van der Waals surface area contributed by atoms with Crippen molar-refractivity contribution in [1.82, 2.24) is 10.3 Å². The van der Waals surface area contributed by atoms with Gasteiger partial charge in [-0.1, -0.05) is 38.1 Å². The van der Waals surface area contributed by atoms with Crippen molar-refractivity contribution in [3.8, 4) is 0 Å². The summed E-state index contributed by atoms with van der Waals surface area (Å²) < 4.78 is 5.67. The Morgan fingerprint density at radius 2 is 1.86 bits per heavy atom. The van der Waals surface area contributed by atoms with Gasteiger partial charge in [0.15, 0.2) is 0 Å². The second-order valence-electron chi connectivity index (χ2n) is 5.91. The van der Waals surface area contributed by atoms with E-state index in [-0.39, 0.29) is 0 Å². The van der Waals surface area contributed by atoms with E-state index in [0.717, 1.165) is 44.2 Å². The molecule has 1 aliphatic rings. The molecule has 0 aliphatic carbocycles. The standard InChI is InChI=1S/C17H23N3O/c1-13(2)18-11-16-12-21-17(19-16)20-9-7-14-5-3-4-6-15(14)8-10-20/h3-6,12-13,18H,7-11H2,1-2H3. The summed E-state index contributed by atoms with van der Waals surface area (Å²) in [7, 11) is 0. The minimum absolute atomic E-state index is 0.456. The van der Waals surface area contributed by atoms with E-state index in [0.29, 0.717) is 6.04 Å². The number of nitrogens with zero attached hydrogens (tertiary/aromatic N) is 2. The summed E-state index contributed by atoms with van der Waals surface area (Å²) >= 11 is 0. The van der Waals surface area contributed by atoms with E-state index in [2.05, 4.69) is 53.3 Å². The minimum atomic E-state index is 0.456. The molecule has 2 heterocycles. The summed E-state index contributed by atoms with van der Waals surface area (Å²) in [5.74, 6) is 0. The van der Waals surface area contributed by atoms with Crippen molar-refractivity contribution in [3.05, 3.63) is 47.3 Å². The van der Waals surface area contributed by atoms with Crippen LogP contribution in [0.5, 0.6) is 0 Å². The lowest BCUT2D eigenvalue weighted by molar-refractivity contribution is 0.531. The molecule has 0 saturated carbocycles. The summed E-state index contributed by atoms with van der Waals surface area (Å²) in [4.78, 5) is 6.86. The molecule has 1 aromatic heterocycles. The van der Waals surface area contributed by atoms with Crippen molar-refractivity contribution in [1.29, 1.82) is 0 Å². The van der Waals surface area contributed by atoms with E-state index >= 15 is 0 Å². The van der Waals surface area contributed by atoms with E-state index in [4.69, 9.17) is 4.42 Å². The quantitative estimate of drug-likeness (QED) is 0.938. The Kier molecular flexibility index (Phi) is 4.25. The topological polar surface area (TPSA) is 41.3 Å². The molecule has 1 N–H and O–H groups in total. The highest BCUT2D eigenvalue weighted by Crippen LogP contribution is 2.20. The van der Waals surface area contributed by atoms with Gasteiger partial charge in [0.1, 0.15) is 6.26 Å². The Labute approximate surface area is 126 Å². The van der Waals surface area contributed by atoms with Crippen LogP contribution in [-0.2, 0) is 19.4 Å². The monoisotopic (exact) mass is 285 g/mol. The van der Waals surface area contributed by atoms with Gasteiger partial charge in [0.25, 0.3) is 6.01 Å². The zero-order chi connectivity index (χ0) is 14.7. The fourth-order valence-corrected chi connectivity index (χ4v) is 2.69. The van der Waals surface area contributed by atoms with Crippen LogP contribution < -0.4 is 10.2 Å². The number of benzene rings is 1. The fourth-order valence-electron chi connectivity index (χ4n) is 2.69. The molecule has 0 saturated heterocycles. The van der Waals surface area contributed by atoms with Gasteiger partial charge in [0.05, 0.1) is 5.69 Å². The van der Waals surface area contributed by atoms with Gasteiger partial charge in [0.2, 0.25) is 0 Å². The molecule has 0 spiro atoms. The number of hydrogen-bond donors (Lipinski definition) is 1. The maximum absolute atomic E-state index is 5.67. The van der Waals surface area contributed by atoms with Crippen LogP contribution in [0, 0.1) is 0 Å². The van der Waals surface area contributed by atoms with Gasteiger partial charge in [-0.25, -0.2) is 0 Å². The lowest BCUT2D eigenvalue weighted by Gasteiger charge is -2.17. The third-order valence-corrected chi connectivity index (χ3v) is 3.92. The van der Waals surface area contributed by atoms with Gasteiger partial charge in [-0.05, 0) is 24.0 Å². The van der Waals surface area contributed by atoms with Crippen molar-refractivity contribution in [2.75, 3.05) is 18.0 Å². The largest absolute Gasteiger partial charge is 0.432 e. The summed E-state index contributed by atoms with van der Waals surface area (Å²) in [5.41, 5.74) is 3.88. The predicted octanol–water partition coefficient (Wildman–Crippen LogP) is 2.78. The number of anilines is 1. The molecule has 0 amide bonds. The van der Waals surface area contributed by atoms with Gasteiger partial charge in [0, 0.05) is 25.7 Å². The van der Waals surface area contributed by atoms with Crippen LogP contribution in [0.2, 0.25) is 0 Å². The molecule has 21 heavy (non-hydrogen) atoms. The Morgan fingerprint density at radius 1 is 1.19 bits per heavy atom. The maximum Gasteiger partial charge on any atom is 0.297 e. The molecule has 112 valence electrons. The van der Waals surface area contributed by atoms with E-state index in [1.807, 2.05) is 0 Å². The second-order valence-corrected chi connectivity index (χ2v) is 5.91. The molecular weight excluding hydrogens is 262 g/mol. The minimum Gasteiger partial charge on any atom is -0.432 e. The number of rotatable bonds is 4. The van der Waals surface area contributed by atoms with Crippen molar-refractivity contribution in [2.45, 2.75) is 39.3 Å². The van der Waals surface area contributed by atoms with E-state index in [9.17, 15) is 0 Å². The normalized spacial score (nSPS) is 15.1. The summed E-state index contributed by atoms with van der Waals surface area (Å²) in [6, 6.07) is 9.91. The molecule has 2 aromatic rings. The van der Waals surface area contributed by atoms with Crippen molar-refractivity contribution in [2.24, 2.45) is 0 Å². The van der Waals surface area contributed by atoms with E-state index in [1.54, 1.807) is 6.26 Å². The predicted molar refractivity (Wildman–Crippen MR) is 84.5 cm³/mol. The van der Waals surface area contributed by atoms with Gasteiger partial charge in [-0.2, -0.15) is 4.98 Å². The van der Waals surface area contributed by atoms with Crippen LogP contribution in [0.15, 0.2) is 34.9 Å². The highest BCUT2D eigenvalue weighted by Gasteiger charge is 2.17. The summed E-state index contributed by atoms with van der Waals surface area (Å²) in [6.45, 7) is 6.96. The SMILES string of the molecule is CC(C)NCc1coc(N2CCc3ccccc3CC2)n1. The van der Waals surface area contributed by atoms with Gasteiger partial charge in [-0.3, -0.25) is 0 Å². The first-order valence-corrected chi connectivity index (χ1v) is 7.72. The van der Waals surface area contributed by atoms with Crippen LogP contribution in [0.1, 0.15) is 30.7 Å². The van der Waals surface area contributed by atoms with Gasteiger partial charge >= 0.3 is 0 Å². The van der Waals surface area contributed by atoms with Crippen LogP contribution in [-0.4, -0.2) is 24.1 Å². The average molecular weight is 285 g/mol. The summed E-state index contributed by atoms with van der Waals surface area (Å²) in [6.07, 6.45) is 3.87. The first-order chi connectivity index (χ1) is 10.2. The molecule has 0 atom stereocenters. The number of fused-ring (bicyclic) bond motifs is 1. The molecule has 1 aromatic carbocycles. The third kappa shape index (κ3) is 3.45. The lowest BCUT2D eigenvalue weighted by Crippen LogP contribution is -2.26. The molecule has 4 heteroatoms. The van der Waals surface area contributed by atoms with E-state index < -0.39 is 0 Å².